The first-order chi connectivity index (χ1) is 7.90. The number of hydrogen-bond donors (Lipinski definition) is 1. The Hall–Kier alpha value is -0.0600. The fourth-order valence-electron chi connectivity index (χ4n) is 1.97. The molecule has 2 nitrogen and oxygen atoms in total. The molecule has 1 atom stereocenters. The van der Waals surface area contributed by atoms with Gasteiger partial charge in [-0.15, -0.1) is 11.3 Å². The molecule has 1 saturated heterocycles. The third-order valence-corrected chi connectivity index (χ3v) is 5.43. The molecule has 0 amide bonds. The molecule has 0 radical (unpaired) electrons. The topological polar surface area (TPSA) is 24.9 Å². The first-order valence-corrected chi connectivity index (χ1v) is 8.03. The zero-order chi connectivity index (χ0) is 11.2. The number of thioether (sulfide) groups is 1. The summed E-state index contributed by atoms with van der Waals surface area (Å²) in [6.45, 7) is 1.09. The van der Waals surface area contributed by atoms with Crippen LogP contribution in [0.5, 0.6) is 0 Å². The molecule has 0 spiro atoms. The molecule has 0 aliphatic carbocycles. The van der Waals surface area contributed by atoms with E-state index in [0.29, 0.717) is 5.25 Å². The Morgan fingerprint density at radius 1 is 1.50 bits per heavy atom. The van der Waals surface area contributed by atoms with E-state index < -0.39 is 0 Å². The number of hydrogen-bond acceptors (Lipinski definition) is 4. The van der Waals surface area contributed by atoms with Gasteiger partial charge >= 0.3 is 0 Å². The van der Waals surface area contributed by atoms with Crippen molar-refractivity contribution in [3.63, 3.8) is 0 Å². The molecule has 1 aromatic heterocycles. The highest BCUT2D eigenvalue weighted by molar-refractivity contribution is 7.99. The second-order valence-corrected chi connectivity index (χ2v) is 6.44. The lowest BCUT2D eigenvalue weighted by Crippen LogP contribution is -2.08. The third kappa shape index (κ3) is 3.47. The molecule has 1 fully saturated rings. The van der Waals surface area contributed by atoms with E-state index >= 15 is 0 Å². The van der Waals surface area contributed by atoms with E-state index in [2.05, 4.69) is 22.5 Å². The molecule has 1 aromatic rings. The van der Waals surface area contributed by atoms with Gasteiger partial charge in [0.15, 0.2) is 0 Å². The van der Waals surface area contributed by atoms with E-state index in [4.69, 9.17) is 4.98 Å². The van der Waals surface area contributed by atoms with Crippen LogP contribution in [-0.2, 0) is 6.42 Å². The molecule has 1 aliphatic heterocycles. The van der Waals surface area contributed by atoms with Gasteiger partial charge in [0.25, 0.3) is 0 Å². The van der Waals surface area contributed by atoms with Crippen molar-refractivity contribution in [2.24, 2.45) is 0 Å². The van der Waals surface area contributed by atoms with Gasteiger partial charge in [-0.05, 0) is 45.0 Å². The Kier molecular flexibility index (Phi) is 5.13. The Morgan fingerprint density at radius 3 is 3.19 bits per heavy atom. The molecular formula is C12H20N2S2. The number of rotatable bonds is 5. The highest BCUT2D eigenvalue weighted by Crippen LogP contribution is 2.39. The summed E-state index contributed by atoms with van der Waals surface area (Å²) < 4.78 is 0. The number of thiazole rings is 1. The van der Waals surface area contributed by atoms with Crippen LogP contribution in [0.1, 0.15) is 41.6 Å². The summed E-state index contributed by atoms with van der Waals surface area (Å²) >= 11 is 3.96. The van der Waals surface area contributed by atoms with Gasteiger partial charge in [-0.2, -0.15) is 11.8 Å². The lowest BCUT2D eigenvalue weighted by atomic mass is 10.2. The fraction of sp³-hybridized carbons (Fsp3) is 0.750. The molecule has 0 bridgehead atoms. The predicted molar refractivity (Wildman–Crippen MR) is 73.4 cm³/mol. The van der Waals surface area contributed by atoms with E-state index in [1.54, 1.807) is 0 Å². The van der Waals surface area contributed by atoms with Crippen molar-refractivity contribution in [3.05, 3.63) is 16.1 Å². The minimum absolute atomic E-state index is 0.691. The normalized spacial score (nSPS) is 21.2. The van der Waals surface area contributed by atoms with Crippen LogP contribution >= 0.6 is 23.1 Å². The lowest BCUT2D eigenvalue weighted by molar-refractivity contribution is 0.678. The van der Waals surface area contributed by atoms with E-state index in [-0.39, 0.29) is 0 Å². The van der Waals surface area contributed by atoms with Crippen LogP contribution in [-0.4, -0.2) is 24.3 Å². The van der Waals surface area contributed by atoms with Crippen LogP contribution in [0.15, 0.2) is 5.38 Å². The van der Waals surface area contributed by atoms with Crippen molar-refractivity contribution in [2.75, 3.05) is 19.3 Å². The van der Waals surface area contributed by atoms with Crippen LogP contribution in [0.4, 0.5) is 0 Å². The minimum Gasteiger partial charge on any atom is -0.320 e. The molecule has 1 N–H and O–H groups in total. The second kappa shape index (κ2) is 6.62. The molecule has 1 unspecified atom stereocenters. The maximum absolute atomic E-state index is 4.78. The van der Waals surface area contributed by atoms with Crippen molar-refractivity contribution >= 4 is 23.1 Å². The van der Waals surface area contributed by atoms with Gasteiger partial charge < -0.3 is 5.32 Å². The molecule has 16 heavy (non-hydrogen) atoms. The van der Waals surface area contributed by atoms with Gasteiger partial charge in [0.2, 0.25) is 0 Å². The summed E-state index contributed by atoms with van der Waals surface area (Å²) in [5.41, 5.74) is 1.29. The zero-order valence-electron chi connectivity index (χ0n) is 9.87. The molecule has 0 aromatic carbocycles. The molecule has 4 heteroatoms. The van der Waals surface area contributed by atoms with Crippen LogP contribution in [0.2, 0.25) is 0 Å². The van der Waals surface area contributed by atoms with E-state index in [0.717, 1.165) is 13.0 Å². The number of nitrogens with zero attached hydrogens (tertiary/aromatic N) is 1. The highest BCUT2D eigenvalue weighted by atomic mass is 32.2. The van der Waals surface area contributed by atoms with Crippen LogP contribution in [0.25, 0.3) is 0 Å². The lowest BCUT2D eigenvalue weighted by Gasteiger charge is -2.18. The van der Waals surface area contributed by atoms with E-state index in [1.165, 1.54) is 42.1 Å². The van der Waals surface area contributed by atoms with Gasteiger partial charge in [0.05, 0.1) is 10.9 Å². The maximum Gasteiger partial charge on any atom is 0.106 e. The number of aromatic nitrogens is 1. The van der Waals surface area contributed by atoms with Crippen molar-refractivity contribution in [1.29, 1.82) is 0 Å². The average Bonchev–Trinajstić information content (AvgIpc) is 2.79. The van der Waals surface area contributed by atoms with Crippen LogP contribution < -0.4 is 5.32 Å². The average molecular weight is 256 g/mol. The Balaban J connectivity index is 1.85. The van der Waals surface area contributed by atoms with E-state index in [9.17, 15) is 0 Å². The first kappa shape index (κ1) is 12.4. The van der Waals surface area contributed by atoms with Gasteiger partial charge in [-0.1, -0.05) is 6.42 Å². The summed E-state index contributed by atoms with van der Waals surface area (Å²) in [6.07, 6.45) is 6.41. The maximum atomic E-state index is 4.78. The number of aryl methyl sites for hydroxylation is 1. The second-order valence-electron chi connectivity index (χ2n) is 4.24. The molecule has 90 valence electrons. The molecule has 2 heterocycles. The van der Waals surface area contributed by atoms with Crippen LogP contribution in [0.3, 0.4) is 0 Å². The summed E-state index contributed by atoms with van der Waals surface area (Å²) in [7, 11) is 2.01. The van der Waals surface area contributed by atoms with Crippen LogP contribution in [0, 0.1) is 0 Å². The first-order valence-electron chi connectivity index (χ1n) is 6.10. The molecule has 0 saturated carbocycles. The molecule has 1 aliphatic rings. The summed E-state index contributed by atoms with van der Waals surface area (Å²) in [6, 6.07) is 0. The standard InChI is InChI=1S/C12H20N2S2/c1-13-7-4-5-10-9-16-12(14-10)11-6-2-3-8-15-11/h9,11,13H,2-8H2,1H3. The van der Waals surface area contributed by atoms with Gasteiger partial charge in [-0.3, -0.25) is 0 Å². The summed E-state index contributed by atoms with van der Waals surface area (Å²) in [4.78, 5) is 4.78. The molecular weight excluding hydrogens is 236 g/mol. The van der Waals surface area contributed by atoms with Crippen molar-refractivity contribution < 1.29 is 0 Å². The predicted octanol–water partition coefficient (Wildman–Crippen LogP) is 3.25. The van der Waals surface area contributed by atoms with Crippen molar-refractivity contribution in [2.45, 2.75) is 37.4 Å². The SMILES string of the molecule is CNCCCc1csc(C2CCCCS2)n1. The Morgan fingerprint density at radius 2 is 2.44 bits per heavy atom. The smallest absolute Gasteiger partial charge is 0.106 e. The van der Waals surface area contributed by atoms with Crippen molar-refractivity contribution in [3.8, 4) is 0 Å². The van der Waals surface area contributed by atoms with E-state index in [1.807, 2.05) is 18.4 Å². The summed E-state index contributed by atoms with van der Waals surface area (Å²) in [5, 5.41) is 7.49. The highest BCUT2D eigenvalue weighted by Gasteiger charge is 2.18. The zero-order valence-corrected chi connectivity index (χ0v) is 11.5. The third-order valence-electron chi connectivity index (χ3n) is 2.88. The van der Waals surface area contributed by atoms with Gasteiger partial charge in [0, 0.05) is 5.38 Å². The minimum atomic E-state index is 0.691. The quantitative estimate of drug-likeness (QED) is 0.819. The number of nitrogens with one attached hydrogen (secondary N) is 1. The Bertz CT molecular complexity index is 306. The summed E-state index contributed by atoms with van der Waals surface area (Å²) in [5.74, 6) is 1.32. The van der Waals surface area contributed by atoms with Gasteiger partial charge in [0.1, 0.15) is 5.01 Å². The van der Waals surface area contributed by atoms with Gasteiger partial charge in [-0.25, -0.2) is 4.98 Å². The Labute approximate surface area is 106 Å². The largest absolute Gasteiger partial charge is 0.320 e. The van der Waals surface area contributed by atoms with Crippen molar-refractivity contribution in [1.82, 2.24) is 10.3 Å². The monoisotopic (exact) mass is 256 g/mol. The fourth-order valence-corrected chi connectivity index (χ4v) is 4.39. The molecule has 2 rings (SSSR count).